The van der Waals surface area contributed by atoms with Gasteiger partial charge in [-0.3, -0.25) is 4.79 Å². The number of hydrogen-bond donors (Lipinski definition) is 1. The topological polar surface area (TPSA) is 77.2 Å². The number of nitrogens with zero attached hydrogens (tertiary/aromatic N) is 2. The molecule has 1 N–H and O–H groups in total. The van der Waals surface area contributed by atoms with Gasteiger partial charge in [0.05, 0.1) is 19.3 Å². The minimum Gasteiger partial charge on any atom is -0.497 e. The van der Waals surface area contributed by atoms with Crippen molar-refractivity contribution in [1.82, 2.24) is 15.5 Å². The van der Waals surface area contributed by atoms with E-state index in [1.54, 1.807) is 7.11 Å². The highest BCUT2D eigenvalue weighted by molar-refractivity contribution is 7.99. The number of thioether (sulfide) groups is 1. The molecule has 0 saturated heterocycles. The average molecular weight is 321 g/mol. The summed E-state index contributed by atoms with van der Waals surface area (Å²) >= 11 is 1.24. The summed E-state index contributed by atoms with van der Waals surface area (Å²) in [5, 5.41) is 11.1. The van der Waals surface area contributed by atoms with E-state index in [0.29, 0.717) is 24.1 Å². The molecule has 1 heterocycles. The third-order valence-corrected chi connectivity index (χ3v) is 3.68. The Morgan fingerprint density at radius 1 is 1.32 bits per heavy atom. The van der Waals surface area contributed by atoms with Crippen LogP contribution in [0.4, 0.5) is 0 Å². The highest BCUT2D eigenvalue weighted by atomic mass is 32.2. The van der Waals surface area contributed by atoms with Gasteiger partial charge >= 0.3 is 0 Å². The zero-order valence-corrected chi connectivity index (χ0v) is 13.5. The van der Waals surface area contributed by atoms with Crippen LogP contribution in [-0.4, -0.2) is 35.5 Å². The standard InChI is InChI=1S/C15H19N3O3S/c1-3-8-16-13(19)10-22-15-18-17-14(21-15)9-11-4-6-12(20-2)7-5-11/h4-7H,3,8-10H2,1-2H3,(H,16,19). The van der Waals surface area contributed by atoms with Crippen molar-refractivity contribution in [3.8, 4) is 5.75 Å². The molecule has 1 aromatic heterocycles. The largest absolute Gasteiger partial charge is 0.497 e. The third kappa shape index (κ3) is 5.07. The molecule has 0 bridgehead atoms. The molecule has 2 rings (SSSR count). The SMILES string of the molecule is CCCNC(=O)CSc1nnc(Cc2ccc(OC)cc2)o1. The van der Waals surface area contributed by atoms with Gasteiger partial charge in [0.25, 0.3) is 5.22 Å². The molecule has 7 heteroatoms. The van der Waals surface area contributed by atoms with E-state index in [2.05, 4.69) is 15.5 Å². The lowest BCUT2D eigenvalue weighted by atomic mass is 10.1. The van der Waals surface area contributed by atoms with E-state index in [1.807, 2.05) is 31.2 Å². The van der Waals surface area contributed by atoms with Crippen LogP contribution in [0.2, 0.25) is 0 Å². The predicted octanol–water partition coefficient (Wildman–Crippen LogP) is 2.29. The highest BCUT2D eigenvalue weighted by Gasteiger charge is 2.10. The van der Waals surface area contributed by atoms with Crippen molar-refractivity contribution < 1.29 is 13.9 Å². The minimum atomic E-state index is -0.0262. The van der Waals surface area contributed by atoms with Crippen molar-refractivity contribution in [3.05, 3.63) is 35.7 Å². The smallest absolute Gasteiger partial charge is 0.277 e. The summed E-state index contributed by atoms with van der Waals surface area (Å²) in [5.74, 6) is 1.59. The quantitative estimate of drug-likeness (QED) is 0.752. The van der Waals surface area contributed by atoms with Gasteiger partial charge in [-0.1, -0.05) is 30.8 Å². The molecule has 0 aliphatic heterocycles. The fourth-order valence-electron chi connectivity index (χ4n) is 1.73. The molecular weight excluding hydrogens is 302 g/mol. The van der Waals surface area contributed by atoms with Crippen molar-refractivity contribution in [2.45, 2.75) is 25.0 Å². The van der Waals surface area contributed by atoms with Crippen LogP contribution >= 0.6 is 11.8 Å². The van der Waals surface area contributed by atoms with Crippen LogP contribution in [0.15, 0.2) is 33.9 Å². The van der Waals surface area contributed by atoms with Crippen molar-refractivity contribution in [1.29, 1.82) is 0 Å². The Hall–Kier alpha value is -2.02. The van der Waals surface area contributed by atoms with Gasteiger partial charge in [-0.25, -0.2) is 0 Å². The summed E-state index contributed by atoms with van der Waals surface area (Å²) in [6.07, 6.45) is 1.47. The van der Waals surface area contributed by atoms with Crippen molar-refractivity contribution in [2.75, 3.05) is 19.4 Å². The van der Waals surface area contributed by atoms with E-state index >= 15 is 0 Å². The molecule has 0 aliphatic carbocycles. The van der Waals surface area contributed by atoms with E-state index in [-0.39, 0.29) is 11.7 Å². The van der Waals surface area contributed by atoms with Gasteiger partial charge in [-0.15, -0.1) is 10.2 Å². The molecule has 0 atom stereocenters. The summed E-state index contributed by atoms with van der Waals surface area (Å²) in [7, 11) is 1.63. The molecule has 6 nitrogen and oxygen atoms in total. The molecule has 1 amide bonds. The Morgan fingerprint density at radius 2 is 2.09 bits per heavy atom. The Morgan fingerprint density at radius 3 is 2.77 bits per heavy atom. The lowest BCUT2D eigenvalue weighted by Crippen LogP contribution is -2.25. The summed E-state index contributed by atoms with van der Waals surface area (Å²) in [5.41, 5.74) is 1.06. The molecule has 0 aliphatic rings. The van der Waals surface area contributed by atoms with Crippen molar-refractivity contribution >= 4 is 17.7 Å². The first-order chi connectivity index (χ1) is 10.7. The average Bonchev–Trinajstić information content (AvgIpc) is 2.99. The van der Waals surface area contributed by atoms with Crippen LogP contribution in [0, 0.1) is 0 Å². The van der Waals surface area contributed by atoms with Gasteiger partial charge in [0.1, 0.15) is 5.75 Å². The Labute approximate surface area is 133 Å². The molecule has 2 aromatic rings. The zero-order chi connectivity index (χ0) is 15.8. The van der Waals surface area contributed by atoms with Gasteiger partial charge in [-0.2, -0.15) is 0 Å². The maximum Gasteiger partial charge on any atom is 0.277 e. The van der Waals surface area contributed by atoms with Crippen LogP contribution in [0.25, 0.3) is 0 Å². The molecule has 0 fully saturated rings. The predicted molar refractivity (Wildman–Crippen MR) is 84.1 cm³/mol. The number of hydrogen-bond acceptors (Lipinski definition) is 6. The first-order valence-electron chi connectivity index (χ1n) is 7.06. The maximum absolute atomic E-state index is 11.5. The van der Waals surface area contributed by atoms with E-state index < -0.39 is 0 Å². The fourth-order valence-corrected chi connectivity index (χ4v) is 2.34. The summed E-state index contributed by atoms with van der Waals surface area (Å²) in [6, 6.07) is 7.68. The summed E-state index contributed by atoms with van der Waals surface area (Å²) < 4.78 is 10.6. The fraction of sp³-hybridized carbons (Fsp3) is 0.400. The van der Waals surface area contributed by atoms with Crippen molar-refractivity contribution in [2.24, 2.45) is 0 Å². The lowest BCUT2D eigenvalue weighted by Gasteiger charge is -2.01. The second-order valence-corrected chi connectivity index (χ2v) is 5.55. The zero-order valence-electron chi connectivity index (χ0n) is 12.7. The van der Waals surface area contributed by atoms with Crippen LogP contribution < -0.4 is 10.1 Å². The van der Waals surface area contributed by atoms with Gasteiger partial charge in [0.15, 0.2) is 0 Å². The normalized spacial score (nSPS) is 10.5. The number of nitrogens with one attached hydrogen (secondary N) is 1. The van der Waals surface area contributed by atoms with Crippen LogP contribution in [0.5, 0.6) is 5.75 Å². The second kappa shape index (κ2) is 8.43. The Bertz CT molecular complexity index is 598. The molecule has 0 unspecified atom stereocenters. The summed E-state index contributed by atoms with van der Waals surface area (Å²) in [6.45, 7) is 2.70. The van der Waals surface area contributed by atoms with Crippen LogP contribution in [0.3, 0.4) is 0 Å². The van der Waals surface area contributed by atoms with E-state index in [1.165, 1.54) is 11.8 Å². The molecule has 22 heavy (non-hydrogen) atoms. The monoisotopic (exact) mass is 321 g/mol. The molecule has 0 radical (unpaired) electrons. The van der Waals surface area contributed by atoms with Gasteiger partial charge in [0.2, 0.25) is 11.8 Å². The number of amides is 1. The number of carbonyl (C=O) groups excluding carboxylic acids is 1. The summed E-state index contributed by atoms with van der Waals surface area (Å²) in [4.78, 5) is 11.5. The van der Waals surface area contributed by atoms with Crippen LogP contribution in [-0.2, 0) is 11.2 Å². The van der Waals surface area contributed by atoms with Crippen LogP contribution in [0.1, 0.15) is 24.8 Å². The number of benzene rings is 1. The molecular formula is C15H19N3O3S. The number of ether oxygens (including phenoxy) is 1. The molecule has 0 spiro atoms. The maximum atomic E-state index is 11.5. The third-order valence-electron chi connectivity index (χ3n) is 2.86. The van der Waals surface area contributed by atoms with E-state index in [0.717, 1.165) is 17.7 Å². The number of rotatable bonds is 8. The van der Waals surface area contributed by atoms with E-state index in [4.69, 9.17) is 9.15 Å². The van der Waals surface area contributed by atoms with Gasteiger partial charge in [0, 0.05) is 6.54 Å². The lowest BCUT2D eigenvalue weighted by molar-refractivity contribution is -0.118. The van der Waals surface area contributed by atoms with Gasteiger partial charge < -0.3 is 14.5 Å². The highest BCUT2D eigenvalue weighted by Crippen LogP contribution is 2.18. The van der Waals surface area contributed by atoms with Crippen molar-refractivity contribution in [3.63, 3.8) is 0 Å². The minimum absolute atomic E-state index is 0.0262. The second-order valence-electron chi connectivity index (χ2n) is 4.63. The Kier molecular flexibility index (Phi) is 6.27. The molecule has 0 saturated carbocycles. The molecule has 118 valence electrons. The number of carbonyl (C=O) groups is 1. The number of methoxy groups -OCH3 is 1. The van der Waals surface area contributed by atoms with E-state index in [9.17, 15) is 4.79 Å². The first-order valence-corrected chi connectivity index (χ1v) is 8.04. The molecule has 1 aromatic carbocycles. The number of aromatic nitrogens is 2. The first kappa shape index (κ1) is 16.4. The van der Waals surface area contributed by atoms with Gasteiger partial charge in [-0.05, 0) is 24.1 Å². The Balaban J connectivity index is 1.84.